The first-order chi connectivity index (χ1) is 10.5. The van der Waals surface area contributed by atoms with Gasteiger partial charge in [0.25, 0.3) is 0 Å². The van der Waals surface area contributed by atoms with Crippen LogP contribution in [0, 0.1) is 22.7 Å². The molecule has 2 rings (SSSR count). The fourth-order valence-electron chi connectivity index (χ4n) is 5.01. The van der Waals surface area contributed by atoms with Crippen LogP contribution in [-0.4, -0.2) is 33.1 Å². The van der Waals surface area contributed by atoms with Crippen LogP contribution in [-0.2, 0) is 0 Å². The first-order valence-electron chi connectivity index (χ1n) is 8.55. The van der Waals surface area contributed by atoms with Gasteiger partial charge in [0.05, 0.1) is 17.8 Å². The Hall–Kier alpha value is -0.900. The smallest absolute Gasteiger partial charge is 0.0978 e. The Morgan fingerprint density at radius 3 is 2.43 bits per heavy atom. The summed E-state index contributed by atoms with van der Waals surface area (Å²) in [6.45, 7) is 15.9. The van der Waals surface area contributed by atoms with E-state index < -0.39 is 17.8 Å². The molecule has 0 amide bonds. The lowest BCUT2D eigenvalue weighted by Crippen LogP contribution is -2.59. The molecule has 6 unspecified atom stereocenters. The second-order valence-electron chi connectivity index (χ2n) is 8.56. The fraction of sp³-hybridized carbons (Fsp3) is 0.700. The molecule has 3 N–H and O–H groups in total. The number of aliphatic hydroxyl groups is 3. The summed E-state index contributed by atoms with van der Waals surface area (Å²) in [6, 6.07) is 0. The summed E-state index contributed by atoms with van der Waals surface area (Å²) in [7, 11) is 0. The van der Waals surface area contributed by atoms with E-state index in [9.17, 15) is 15.3 Å². The van der Waals surface area contributed by atoms with Crippen LogP contribution < -0.4 is 0 Å². The third-order valence-electron chi connectivity index (χ3n) is 6.37. The second kappa shape index (κ2) is 5.87. The Bertz CT molecular complexity index is 517. The molecule has 0 aliphatic heterocycles. The molecule has 2 fully saturated rings. The van der Waals surface area contributed by atoms with E-state index >= 15 is 0 Å². The van der Waals surface area contributed by atoms with E-state index in [0.29, 0.717) is 6.42 Å². The van der Waals surface area contributed by atoms with Gasteiger partial charge in [-0.3, -0.25) is 0 Å². The predicted molar refractivity (Wildman–Crippen MR) is 93.8 cm³/mol. The van der Waals surface area contributed by atoms with E-state index in [1.165, 1.54) is 6.08 Å². The van der Waals surface area contributed by atoms with Gasteiger partial charge in [0.2, 0.25) is 0 Å². The molecule has 23 heavy (non-hydrogen) atoms. The van der Waals surface area contributed by atoms with Crippen LogP contribution in [0.25, 0.3) is 0 Å². The summed E-state index contributed by atoms with van der Waals surface area (Å²) >= 11 is 0. The minimum absolute atomic E-state index is 0.00687. The van der Waals surface area contributed by atoms with Gasteiger partial charge in [-0.1, -0.05) is 57.7 Å². The summed E-state index contributed by atoms with van der Waals surface area (Å²) in [6.07, 6.45) is 6.53. The molecular weight excluding hydrogens is 288 g/mol. The van der Waals surface area contributed by atoms with Gasteiger partial charge in [-0.05, 0) is 42.9 Å². The topological polar surface area (TPSA) is 60.7 Å². The van der Waals surface area contributed by atoms with Crippen LogP contribution in [0.4, 0.5) is 0 Å². The van der Waals surface area contributed by atoms with Crippen molar-refractivity contribution in [1.29, 1.82) is 0 Å². The van der Waals surface area contributed by atoms with Crippen molar-refractivity contribution in [2.24, 2.45) is 22.7 Å². The van der Waals surface area contributed by atoms with Gasteiger partial charge in [0.1, 0.15) is 0 Å². The summed E-state index contributed by atoms with van der Waals surface area (Å²) in [4.78, 5) is 0. The van der Waals surface area contributed by atoms with E-state index in [2.05, 4.69) is 33.9 Å². The van der Waals surface area contributed by atoms with E-state index in [4.69, 9.17) is 0 Å². The summed E-state index contributed by atoms with van der Waals surface area (Å²) in [5.41, 5.74) is -0.573. The number of fused-ring (bicyclic) bond motifs is 1. The van der Waals surface area contributed by atoms with Crippen molar-refractivity contribution in [3.8, 4) is 0 Å². The molecule has 0 spiro atoms. The maximum absolute atomic E-state index is 10.7. The normalized spacial score (nSPS) is 43.0. The highest BCUT2D eigenvalue weighted by molar-refractivity contribution is 5.26. The Morgan fingerprint density at radius 2 is 1.87 bits per heavy atom. The Balaban J connectivity index is 2.44. The molecule has 0 saturated heterocycles. The molecule has 0 aromatic heterocycles. The lowest BCUT2D eigenvalue weighted by molar-refractivity contribution is -0.161. The molecule has 6 atom stereocenters. The number of rotatable bonds is 3. The standard InChI is InChI=1S/C20H32O3/c1-7-19(5,23)10-8-14-13(2)12-15(21)17-18(3,4)16(22)9-11-20(14,17)6/h7-8,10,14-17,21-23H,1-2,9,11-12H2,3-6H3. The quantitative estimate of drug-likeness (QED) is 0.700. The van der Waals surface area contributed by atoms with Gasteiger partial charge in [0.15, 0.2) is 0 Å². The van der Waals surface area contributed by atoms with Crippen LogP contribution >= 0.6 is 0 Å². The molecule has 0 heterocycles. The van der Waals surface area contributed by atoms with E-state index in [1.807, 2.05) is 6.08 Å². The SMILES string of the molecule is C=CC(C)(O)C=CC1C(=C)CC(O)C2C(C)(C)C(O)CCC12C. The van der Waals surface area contributed by atoms with Crippen LogP contribution in [0.1, 0.15) is 47.0 Å². The third kappa shape index (κ3) is 3.07. The first kappa shape index (κ1) is 18.4. The average molecular weight is 320 g/mol. The van der Waals surface area contributed by atoms with Gasteiger partial charge < -0.3 is 15.3 Å². The molecule has 2 aliphatic carbocycles. The molecule has 3 heteroatoms. The largest absolute Gasteiger partial charge is 0.393 e. The predicted octanol–water partition coefficient (Wildman–Crippen LogP) is 3.22. The number of hydrogen-bond acceptors (Lipinski definition) is 3. The minimum atomic E-state index is -1.05. The lowest BCUT2D eigenvalue weighted by Gasteiger charge is -2.60. The van der Waals surface area contributed by atoms with Crippen molar-refractivity contribution < 1.29 is 15.3 Å². The van der Waals surface area contributed by atoms with Gasteiger partial charge >= 0.3 is 0 Å². The highest BCUT2D eigenvalue weighted by Gasteiger charge is 2.58. The molecule has 0 radical (unpaired) electrons. The zero-order valence-electron chi connectivity index (χ0n) is 14.9. The molecule has 2 aliphatic rings. The van der Waals surface area contributed by atoms with E-state index in [1.54, 1.807) is 13.0 Å². The minimum Gasteiger partial charge on any atom is -0.393 e. The van der Waals surface area contributed by atoms with Crippen molar-refractivity contribution in [3.63, 3.8) is 0 Å². The summed E-state index contributed by atoms with van der Waals surface area (Å²) in [5.74, 6) is 0.0710. The highest BCUT2D eigenvalue weighted by atomic mass is 16.3. The monoisotopic (exact) mass is 320 g/mol. The molecule has 0 bridgehead atoms. The molecule has 2 saturated carbocycles. The maximum atomic E-state index is 10.7. The van der Waals surface area contributed by atoms with Crippen LogP contribution in [0.15, 0.2) is 37.0 Å². The van der Waals surface area contributed by atoms with Gasteiger partial charge in [-0.25, -0.2) is 0 Å². The van der Waals surface area contributed by atoms with E-state index in [-0.39, 0.29) is 22.7 Å². The summed E-state index contributed by atoms with van der Waals surface area (Å²) < 4.78 is 0. The van der Waals surface area contributed by atoms with Crippen molar-refractivity contribution >= 4 is 0 Å². The van der Waals surface area contributed by atoms with Crippen molar-refractivity contribution in [1.82, 2.24) is 0 Å². The molecular formula is C20H32O3. The highest BCUT2D eigenvalue weighted by Crippen LogP contribution is 2.61. The van der Waals surface area contributed by atoms with Gasteiger partial charge in [-0.15, -0.1) is 0 Å². The second-order valence-corrected chi connectivity index (χ2v) is 8.56. The Labute approximate surface area is 140 Å². The number of aliphatic hydroxyl groups excluding tert-OH is 2. The molecule has 0 aromatic carbocycles. The lowest BCUT2D eigenvalue weighted by atomic mass is 9.46. The van der Waals surface area contributed by atoms with Gasteiger partial charge in [-0.2, -0.15) is 0 Å². The first-order valence-corrected chi connectivity index (χ1v) is 8.55. The molecule has 3 nitrogen and oxygen atoms in total. The summed E-state index contributed by atoms with van der Waals surface area (Å²) in [5, 5.41) is 31.4. The maximum Gasteiger partial charge on any atom is 0.0978 e. The van der Waals surface area contributed by atoms with Crippen molar-refractivity contribution in [3.05, 3.63) is 37.0 Å². The Morgan fingerprint density at radius 1 is 1.26 bits per heavy atom. The van der Waals surface area contributed by atoms with Gasteiger partial charge in [0, 0.05) is 5.92 Å². The fourth-order valence-corrected chi connectivity index (χ4v) is 5.01. The third-order valence-corrected chi connectivity index (χ3v) is 6.37. The average Bonchev–Trinajstić information content (AvgIpc) is 2.42. The van der Waals surface area contributed by atoms with Crippen LogP contribution in [0.5, 0.6) is 0 Å². The van der Waals surface area contributed by atoms with Crippen molar-refractivity contribution in [2.75, 3.05) is 0 Å². The van der Waals surface area contributed by atoms with Crippen LogP contribution in [0.3, 0.4) is 0 Å². The molecule has 130 valence electrons. The molecule has 0 aromatic rings. The van der Waals surface area contributed by atoms with Crippen LogP contribution in [0.2, 0.25) is 0 Å². The van der Waals surface area contributed by atoms with E-state index in [0.717, 1.165) is 18.4 Å². The van der Waals surface area contributed by atoms with Crippen molar-refractivity contribution in [2.45, 2.75) is 64.8 Å². The Kier molecular flexibility index (Phi) is 4.71. The number of hydrogen-bond donors (Lipinski definition) is 3. The number of allylic oxidation sites excluding steroid dienone is 1. The zero-order valence-corrected chi connectivity index (χ0v) is 14.9. The zero-order chi connectivity index (χ0) is 17.6.